The van der Waals surface area contributed by atoms with Gasteiger partial charge in [0, 0.05) is 11.3 Å². The standard InChI is InChI=1S/C13H14N4O4/c1-9-4-10(14-5-18)11(15-6-19)12(2,3)13(9,16-7-20)17-8-21/h9-11H,4H2,1-3H3. The molecule has 1 aliphatic carbocycles. The van der Waals surface area contributed by atoms with E-state index in [-0.39, 0.29) is 6.42 Å². The average molecular weight is 290 g/mol. The van der Waals surface area contributed by atoms with Gasteiger partial charge in [0.05, 0.1) is 12.1 Å². The van der Waals surface area contributed by atoms with Gasteiger partial charge < -0.3 is 0 Å². The van der Waals surface area contributed by atoms with Crippen molar-refractivity contribution in [3.63, 3.8) is 0 Å². The Morgan fingerprint density at radius 1 is 0.905 bits per heavy atom. The number of rotatable bonds is 4. The largest absolute Gasteiger partial charge is 0.237 e. The van der Waals surface area contributed by atoms with Crippen molar-refractivity contribution in [2.45, 2.75) is 44.9 Å². The predicted molar refractivity (Wildman–Crippen MR) is 70.4 cm³/mol. The highest BCUT2D eigenvalue weighted by atomic mass is 16.1. The van der Waals surface area contributed by atoms with Crippen molar-refractivity contribution in [3.05, 3.63) is 0 Å². The lowest BCUT2D eigenvalue weighted by Crippen LogP contribution is -2.60. The van der Waals surface area contributed by atoms with E-state index in [1.807, 2.05) is 0 Å². The van der Waals surface area contributed by atoms with Gasteiger partial charge in [-0.2, -0.15) is 15.0 Å². The summed E-state index contributed by atoms with van der Waals surface area (Å²) in [5.74, 6) is -0.421. The zero-order valence-corrected chi connectivity index (χ0v) is 11.9. The molecule has 0 saturated heterocycles. The van der Waals surface area contributed by atoms with Crippen LogP contribution >= 0.6 is 0 Å². The Morgan fingerprint density at radius 2 is 1.43 bits per heavy atom. The predicted octanol–water partition coefficient (Wildman–Crippen LogP) is 0.829. The molecule has 21 heavy (non-hydrogen) atoms. The van der Waals surface area contributed by atoms with Gasteiger partial charge in [0.1, 0.15) is 0 Å². The van der Waals surface area contributed by atoms with Crippen molar-refractivity contribution in [1.29, 1.82) is 0 Å². The second-order valence-electron chi connectivity index (χ2n) is 5.44. The van der Waals surface area contributed by atoms with Gasteiger partial charge in [0.2, 0.25) is 24.3 Å². The topological polar surface area (TPSA) is 118 Å². The molecule has 0 aromatic rings. The molecule has 0 aliphatic heterocycles. The number of carbonyl (C=O) groups excluding carboxylic acids is 4. The Morgan fingerprint density at radius 3 is 1.86 bits per heavy atom. The zero-order valence-electron chi connectivity index (χ0n) is 11.9. The van der Waals surface area contributed by atoms with Crippen LogP contribution in [0.1, 0.15) is 27.2 Å². The van der Waals surface area contributed by atoms with Crippen LogP contribution in [-0.2, 0) is 19.2 Å². The molecular weight excluding hydrogens is 276 g/mol. The minimum Gasteiger partial charge on any atom is -0.211 e. The Balaban J connectivity index is 3.62. The van der Waals surface area contributed by atoms with Gasteiger partial charge in [-0.05, 0) is 6.42 Å². The summed E-state index contributed by atoms with van der Waals surface area (Å²) in [5.41, 5.74) is -2.53. The van der Waals surface area contributed by atoms with Gasteiger partial charge >= 0.3 is 0 Å². The van der Waals surface area contributed by atoms with Crippen LogP contribution < -0.4 is 0 Å². The summed E-state index contributed by atoms with van der Waals surface area (Å²) in [7, 11) is 0. The van der Waals surface area contributed by atoms with Crippen molar-refractivity contribution in [3.8, 4) is 0 Å². The SMILES string of the molecule is CC1CC(N=C=O)C(N=C=O)C(C)(C)C1(N=C=O)N=C=O. The van der Waals surface area contributed by atoms with E-state index in [0.29, 0.717) is 0 Å². The average Bonchev–Trinajstić information content (AvgIpc) is 2.42. The molecule has 110 valence electrons. The molecule has 8 heteroatoms. The fourth-order valence-electron chi connectivity index (χ4n) is 3.16. The fourth-order valence-corrected chi connectivity index (χ4v) is 3.16. The third-order valence-corrected chi connectivity index (χ3v) is 4.18. The molecule has 8 nitrogen and oxygen atoms in total. The third-order valence-electron chi connectivity index (χ3n) is 4.18. The van der Waals surface area contributed by atoms with Crippen molar-refractivity contribution in [2.24, 2.45) is 31.3 Å². The van der Waals surface area contributed by atoms with E-state index in [4.69, 9.17) is 0 Å². The maximum absolute atomic E-state index is 10.8. The first-order chi connectivity index (χ1) is 9.91. The van der Waals surface area contributed by atoms with Crippen LogP contribution in [-0.4, -0.2) is 42.1 Å². The Hall–Kier alpha value is -2.48. The molecule has 0 spiro atoms. The molecule has 0 bridgehead atoms. The summed E-state index contributed by atoms with van der Waals surface area (Å²) in [4.78, 5) is 57.5. The molecule has 3 atom stereocenters. The van der Waals surface area contributed by atoms with Crippen LogP contribution in [0.25, 0.3) is 0 Å². The van der Waals surface area contributed by atoms with Crippen LogP contribution in [0.5, 0.6) is 0 Å². The van der Waals surface area contributed by atoms with Gasteiger partial charge in [0.15, 0.2) is 5.66 Å². The molecule has 1 saturated carbocycles. The zero-order chi connectivity index (χ0) is 16.1. The molecule has 0 amide bonds. The van der Waals surface area contributed by atoms with Crippen LogP contribution in [0.15, 0.2) is 20.0 Å². The highest BCUT2D eigenvalue weighted by Crippen LogP contribution is 2.52. The lowest BCUT2D eigenvalue weighted by Gasteiger charge is -2.51. The van der Waals surface area contributed by atoms with E-state index in [1.54, 1.807) is 20.8 Å². The molecule has 0 N–H and O–H groups in total. The van der Waals surface area contributed by atoms with Crippen molar-refractivity contribution >= 4 is 24.3 Å². The normalized spacial score (nSPS) is 33.4. The van der Waals surface area contributed by atoms with Gasteiger partial charge in [-0.15, -0.1) is 0 Å². The number of isocyanates is 4. The molecule has 1 fully saturated rings. The molecule has 0 heterocycles. The highest BCUT2D eigenvalue weighted by molar-refractivity contribution is 5.43. The van der Waals surface area contributed by atoms with Gasteiger partial charge in [0.25, 0.3) is 0 Å². The van der Waals surface area contributed by atoms with Crippen LogP contribution in [0.3, 0.4) is 0 Å². The van der Waals surface area contributed by atoms with E-state index >= 15 is 0 Å². The lowest BCUT2D eigenvalue weighted by molar-refractivity contribution is 0.0261. The first-order valence-corrected chi connectivity index (χ1v) is 6.23. The molecule has 0 radical (unpaired) electrons. The van der Waals surface area contributed by atoms with E-state index in [1.165, 1.54) is 24.3 Å². The second-order valence-corrected chi connectivity index (χ2v) is 5.44. The molecule has 0 aromatic heterocycles. The number of nitrogens with zero attached hydrogens (tertiary/aromatic N) is 4. The molecule has 0 aromatic carbocycles. The third kappa shape index (κ3) is 2.57. The minimum absolute atomic E-state index is 0.241. The summed E-state index contributed by atoms with van der Waals surface area (Å²) in [6, 6.07) is -1.47. The second kappa shape index (κ2) is 6.31. The van der Waals surface area contributed by atoms with E-state index < -0.39 is 29.1 Å². The number of aliphatic imine (C=N–C) groups is 4. The summed E-state index contributed by atoms with van der Waals surface area (Å²) < 4.78 is 0. The highest BCUT2D eigenvalue weighted by Gasteiger charge is 2.60. The lowest BCUT2D eigenvalue weighted by atomic mass is 9.59. The van der Waals surface area contributed by atoms with Crippen molar-refractivity contribution in [1.82, 2.24) is 0 Å². The van der Waals surface area contributed by atoms with Gasteiger partial charge in [-0.1, -0.05) is 20.8 Å². The number of hydrogen-bond donors (Lipinski definition) is 0. The quantitative estimate of drug-likeness (QED) is 0.562. The van der Waals surface area contributed by atoms with Crippen molar-refractivity contribution < 1.29 is 19.2 Å². The number of hydrogen-bond acceptors (Lipinski definition) is 8. The van der Waals surface area contributed by atoms with Crippen LogP contribution in [0.4, 0.5) is 0 Å². The first kappa shape index (κ1) is 16.6. The van der Waals surface area contributed by atoms with Crippen LogP contribution in [0.2, 0.25) is 0 Å². The van der Waals surface area contributed by atoms with Crippen LogP contribution in [0, 0.1) is 11.3 Å². The summed E-state index contributed by atoms with van der Waals surface area (Å²) in [6.45, 7) is 4.96. The molecule has 3 unspecified atom stereocenters. The summed E-state index contributed by atoms with van der Waals surface area (Å²) in [6.07, 6.45) is 5.93. The Kier molecular flexibility index (Phi) is 4.98. The Labute approximate surface area is 120 Å². The fraction of sp³-hybridized carbons (Fsp3) is 0.692. The molecular formula is C13H14N4O4. The molecule has 1 aliphatic rings. The first-order valence-electron chi connectivity index (χ1n) is 6.23. The van der Waals surface area contributed by atoms with Gasteiger partial charge in [-0.25, -0.2) is 24.2 Å². The van der Waals surface area contributed by atoms with Crippen molar-refractivity contribution in [2.75, 3.05) is 0 Å². The summed E-state index contributed by atoms with van der Waals surface area (Å²) in [5, 5.41) is 0. The minimum atomic E-state index is -1.48. The monoisotopic (exact) mass is 290 g/mol. The maximum Gasteiger partial charge on any atom is 0.237 e. The summed E-state index contributed by atoms with van der Waals surface area (Å²) >= 11 is 0. The maximum atomic E-state index is 10.8. The van der Waals surface area contributed by atoms with E-state index in [0.717, 1.165) is 0 Å². The smallest absolute Gasteiger partial charge is 0.211 e. The molecule has 1 rings (SSSR count). The van der Waals surface area contributed by atoms with E-state index in [9.17, 15) is 19.2 Å². The Bertz CT molecular complexity index is 586. The van der Waals surface area contributed by atoms with E-state index in [2.05, 4.69) is 20.0 Å². The van der Waals surface area contributed by atoms with Gasteiger partial charge in [-0.3, -0.25) is 0 Å².